The van der Waals surface area contributed by atoms with Crippen molar-refractivity contribution in [2.45, 2.75) is 28.8 Å². The van der Waals surface area contributed by atoms with Crippen LogP contribution in [0.15, 0.2) is 50.4 Å². The lowest BCUT2D eigenvalue weighted by Gasteiger charge is -2.34. The van der Waals surface area contributed by atoms with E-state index in [0.717, 1.165) is 23.8 Å². The first-order valence-electron chi connectivity index (χ1n) is 10.7. The van der Waals surface area contributed by atoms with Gasteiger partial charge in [-0.1, -0.05) is 24.3 Å². The van der Waals surface area contributed by atoms with Crippen LogP contribution < -0.4 is 5.32 Å². The van der Waals surface area contributed by atoms with Crippen molar-refractivity contribution in [1.29, 1.82) is 0 Å². The molecule has 2 fully saturated rings. The van der Waals surface area contributed by atoms with Crippen molar-refractivity contribution in [1.82, 2.24) is 15.1 Å². The summed E-state index contributed by atoms with van der Waals surface area (Å²) in [5, 5.41) is 5.72. The average Bonchev–Trinajstić information content (AvgIpc) is 3.33. The summed E-state index contributed by atoms with van der Waals surface area (Å²) in [6.07, 6.45) is 1.87. The molecule has 1 aliphatic heterocycles. The van der Waals surface area contributed by atoms with Gasteiger partial charge in [0.2, 0.25) is 0 Å². The van der Waals surface area contributed by atoms with Gasteiger partial charge in [-0.15, -0.1) is 23.1 Å². The summed E-state index contributed by atoms with van der Waals surface area (Å²) in [6.45, 7) is 1.41. The monoisotopic (exact) mass is 469 g/mol. The maximum atomic E-state index is 13.4. The second-order valence-corrected chi connectivity index (χ2v) is 10.2. The van der Waals surface area contributed by atoms with E-state index in [1.54, 1.807) is 28.0 Å². The normalized spacial score (nSPS) is 16.4. The molecular weight excluding hydrogens is 446 g/mol. The van der Waals surface area contributed by atoms with Crippen LogP contribution in [0.1, 0.15) is 29.0 Å². The predicted octanol–water partition coefficient (Wildman–Crippen LogP) is 3.35. The number of fused-ring (bicyclic) bond motifs is 1. The Kier molecular flexibility index (Phi) is 5.93. The minimum Gasteiger partial charge on any atom is -0.451 e. The molecule has 5 rings (SSSR count). The quantitative estimate of drug-likeness (QED) is 0.458. The van der Waals surface area contributed by atoms with Gasteiger partial charge in [0.15, 0.2) is 5.76 Å². The van der Waals surface area contributed by atoms with Crippen molar-refractivity contribution in [2.75, 3.05) is 26.2 Å². The molecule has 3 amide bonds. The summed E-state index contributed by atoms with van der Waals surface area (Å²) in [4.78, 5) is 41.0. The van der Waals surface area contributed by atoms with Gasteiger partial charge in [0.1, 0.15) is 5.58 Å². The lowest BCUT2D eigenvalue weighted by molar-refractivity contribution is -0.146. The molecule has 166 valence electrons. The predicted molar refractivity (Wildman–Crippen MR) is 124 cm³/mol. The number of carbonyl (C=O) groups is 3. The molecule has 7 nitrogen and oxygen atoms in total. The zero-order valence-electron chi connectivity index (χ0n) is 17.4. The molecule has 3 aromatic rings. The van der Waals surface area contributed by atoms with E-state index in [0.29, 0.717) is 43.3 Å². The average molecular weight is 470 g/mol. The number of furan rings is 1. The Morgan fingerprint density at radius 2 is 1.78 bits per heavy atom. The number of thiophene rings is 1. The number of hydrogen-bond donors (Lipinski definition) is 1. The van der Waals surface area contributed by atoms with Gasteiger partial charge in [-0.3, -0.25) is 14.4 Å². The number of nitrogens with one attached hydrogen (secondary N) is 1. The summed E-state index contributed by atoms with van der Waals surface area (Å²) in [5.41, 5.74) is 1.59. The van der Waals surface area contributed by atoms with E-state index >= 15 is 0 Å². The third-order valence-corrected chi connectivity index (χ3v) is 7.86. The first-order chi connectivity index (χ1) is 15.6. The van der Waals surface area contributed by atoms with Crippen LogP contribution in [-0.4, -0.2) is 59.7 Å². The molecule has 3 heterocycles. The number of para-hydroxylation sites is 1. The Morgan fingerprint density at radius 3 is 2.50 bits per heavy atom. The lowest BCUT2D eigenvalue weighted by Crippen LogP contribution is -2.54. The lowest BCUT2D eigenvalue weighted by atomic mass is 10.1. The number of rotatable bonds is 5. The zero-order valence-corrected chi connectivity index (χ0v) is 19.0. The molecule has 0 unspecified atom stereocenters. The van der Waals surface area contributed by atoms with E-state index in [9.17, 15) is 14.4 Å². The molecule has 0 bridgehead atoms. The van der Waals surface area contributed by atoms with Gasteiger partial charge in [-0.05, 0) is 30.4 Å². The van der Waals surface area contributed by atoms with Gasteiger partial charge in [0.05, 0.1) is 4.21 Å². The Labute approximate surface area is 193 Å². The number of amides is 3. The third kappa shape index (κ3) is 4.40. The van der Waals surface area contributed by atoms with Gasteiger partial charge in [-0.2, -0.15) is 0 Å². The van der Waals surface area contributed by atoms with E-state index in [1.807, 2.05) is 35.7 Å². The van der Waals surface area contributed by atoms with E-state index in [-0.39, 0.29) is 11.9 Å². The van der Waals surface area contributed by atoms with E-state index in [2.05, 4.69) is 11.4 Å². The van der Waals surface area contributed by atoms with Gasteiger partial charge in [0.25, 0.3) is 5.91 Å². The second-order valence-electron chi connectivity index (χ2n) is 7.96. The molecule has 32 heavy (non-hydrogen) atoms. The highest BCUT2D eigenvalue weighted by molar-refractivity contribution is 8.00. The minimum absolute atomic E-state index is 0.146. The standard InChI is InChI=1S/C23H23N3O4S2/c27-21(24-15-7-8-15)23(29)26-11-9-25(10-12-26)22(28)20-17(14-32-19-6-3-13-31-19)16-4-1-2-5-18(16)30-20/h1-6,13,15H,7-12,14H2,(H,24,27). The molecule has 1 saturated carbocycles. The van der Waals surface area contributed by atoms with Crippen LogP contribution in [0.3, 0.4) is 0 Å². The molecule has 0 radical (unpaired) electrons. The molecule has 0 spiro atoms. The van der Waals surface area contributed by atoms with Gasteiger partial charge in [0, 0.05) is 48.9 Å². The largest absolute Gasteiger partial charge is 0.451 e. The summed E-state index contributed by atoms with van der Waals surface area (Å²) >= 11 is 3.36. The fourth-order valence-electron chi connectivity index (χ4n) is 3.78. The van der Waals surface area contributed by atoms with Gasteiger partial charge < -0.3 is 19.5 Å². The molecule has 1 saturated heterocycles. The number of piperazine rings is 1. The summed E-state index contributed by atoms with van der Waals surface area (Å²) in [6, 6.07) is 11.9. The fraction of sp³-hybridized carbons (Fsp3) is 0.348. The maximum absolute atomic E-state index is 13.4. The smallest absolute Gasteiger partial charge is 0.312 e. The molecule has 1 aromatic carbocycles. The van der Waals surface area contributed by atoms with Crippen LogP contribution in [0, 0.1) is 0 Å². The number of nitrogens with zero attached hydrogens (tertiary/aromatic N) is 2. The van der Waals surface area contributed by atoms with Crippen molar-refractivity contribution < 1.29 is 18.8 Å². The van der Waals surface area contributed by atoms with Crippen LogP contribution in [0.4, 0.5) is 0 Å². The number of thioether (sulfide) groups is 1. The fourth-order valence-corrected chi connectivity index (χ4v) is 5.59. The number of hydrogen-bond acceptors (Lipinski definition) is 6. The van der Waals surface area contributed by atoms with Crippen LogP contribution in [0.5, 0.6) is 0 Å². The van der Waals surface area contributed by atoms with Crippen molar-refractivity contribution in [3.05, 3.63) is 53.1 Å². The first-order valence-corrected chi connectivity index (χ1v) is 12.5. The van der Waals surface area contributed by atoms with Crippen molar-refractivity contribution in [3.63, 3.8) is 0 Å². The summed E-state index contributed by atoms with van der Waals surface area (Å²) in [7, 11) is 0. The topological polar surface area (TPSA) is 82.9 Å². The van der Waals surface area contributed by atoms with E-state index in [4.69, 9.17) is 4.42 Å². The second kappa shape index (κ2) is 8.99. The third-order valence-electron chi connectivity index (χ3n) is 5.71. The summed E-state index contributed by atoms with van der Waals surface area (Å²) < 4.78 is 7.19. The molecule has 2 aliphatic rings. The van der Waals surface area contributed by atoms with Crippen molar-refractivity contribution >= 4 is 51.8 Å². The highest BCUT2D eigenvalue weighted by Gasteiger charge is 2.33. The Balaban J connectivity index is 1.29. The first kappa shape index (κ1) is 21.1. The zero-order chi connectivity index (χ0) is 22.1. The van der Waals surface area contributed by atoms with E-state index in [1.165, 1.54) is 9.11 Å². The number of carbonyl (C=O) groups excluding carboxylic acids is 3. The Bertz CT molecular complexity index is 1150. The minimum atomic E-state index is -0.544. The number of benzene rings is 1. The van der Waals surface area contributed by atoms with Crippen molar-refractivity contribution in [2.24, 2.45) is 0 Å². The van der Waals surface area contributed by atoms with Gasteiger partial charge in [-0.25, -0.2) is 0 Å². The van der Waals surface area contributed by atoms with Crippen LogP contribution in [0.2, 0.25) is 0 Å². The highest BCUT2D eigenvalue weighted by atomic mass is 32.2. The highest BCUT2D eigenvalue weighted by Crippen LogP contribution is 2.34. The Morgan fingerprint density at radius 1 is 1.03 bits per heavy atom. The van der Waals surface area contributed by atoms with Gasteiger partial charge >= 0.3 is 11.8 Å². The summed E-state index contributed by atoms with van der Waals surface area (Å²) in [5.74, 6) is -0.226. The van der Waals surface area contributed by atoms with Crippen LogP contribution >= 0.6 is 23.1 Å². The van der Waals surface area contributed by atoms with E-state index < -0.39 is 11.8 Å². The molecular formula is C23H23N3O4S2. The SMILES string of the molecule is O=C(NC1CC1)C(=O)N1CCN(C(=O)c2oc3ccccc3c2CSc2cccs2)CC1. The molecule has 1 aliphatic carbocycles. The molecule has 9 heteroatoms. The van der Waals surface area contributed by atoms with Crippen LogP contribution in [0.25, 0.3) is 11.0 Å². The van der Waals surface area contributed by atoms with Crippen LogP contribution in [-0.2, 0) is 15.3 Å². The maximum Gasteiger partial charge on any atom is 0.312 e. The molecule has 0 atom stereocenters. The molecule has 1 N–H and O–H groups in total. The Hall–Kier alpha value is -2.78. The van der Waals surface area contributed by atoms with Crippen molar-refractivity contribution in [3.8, 4) is 0 Å². The molecule has 2 aromatic heterocycles.